The average Bonchev–Trinajstić information content (AvgIpc) is 2.06. The summed E-state index contributed by atoms with van der Waals surface area (Å²) in [5, 5.41) is 5.97. The van der Waals surface area contributed by atoms with Gasteiger partial charge < -0.3 is 0 Å². The van der Waals surface area contributed by atoms with Crippen LogP contribution in [0.1, 0.15) is 6.92 Å². The van der Waals surface area contributed by atoms with Crippen LogP contribution < -0.4 is 16.5 Å². The molecule has 0 aliphatic rings. The summed E-state index contributed by atoms with van der Waals surface area (Å²) < 4.78 is 0. The van der Waals surface area contributed by atoms with Crippen molar-refractivity contribution in [1.82, 2.24) is 15.6 Å². The summed E-state index contributed by atoms with van der Waals surface area (Å²) >= 11 is 0. The Morgan fingerprint density at radius 1 is 1.75 bits per heavy atom. The van der Waals surface area contributed by atoms with Gasteiger partial charge in [-0.25, -0.2) is 5.01 Å². The number of carbonyl (C=O) groups is 2. The number of nitrogens with one attached hydrogen (secondary N) is 2. The molecule has 2 amide bonds. The van der Waals surface area contributed by atoms with Crippen LogP contribution in [0.4, 0.5) is 0 Å². The maximum absolute atomic E-state index is 11.0. The minimum Gasteiger partial charge on any atom is -0.296 e. The predicted molar refractivity (Wildman–Crippen MR) is 43.6 cm³/mol. The van der Waals surface area contributed by atoms with Gasteiger partial charge in [0, 0.05) is 6.54 Å². The van der Waals surface area contributed by atoms with Crippen molar-refractivity contribution in [3.63, 3.8) is 0 Å². The molecule has 0 aliphatic heterocycles. The number of nitrogens with zero attached hydrogens (tertiary/aromatic N) is 1. The van der Waals surface area contributed by atoms with Gasteiger partial charge in [-0.3, -0.25) is 26.1 Å². The minimum absolute atomic E-state index is 0.330. The van der Waals surface area contributed by atoms with Gasteiger partial charge in [0.2, 0.25) is 6.41 Å². The maximum atomic E-state index is 11.0. The molecule has 0 aromatic rings. The molecular weight excluding hydrogens is 160 g/mol. The van der Waals surface area contributed by atoms with Gasteiger partial charge in [0.25, 0.3) is 5.91 Å². The molecule has 0 saturated heterocycles. The summed E-state index contributed by atoms with van der Waals surface area (Å²) in [7, 11) is 1.59. The summed E-state index contributed by atoms with van der Waals surface area (Å²) in [6, 6.07) is 0. The highest BCUT2D eigenvalue weighted by molar-refractivity contribution is 5.89. The summed E-state index contributed by atoms with van der Waals surface area (Å²) in [6.45, 7) is 2.32. The topological polar surface area (TPSA) is 87.5 Å². The normalized spacial score (nSPS) is 12.7. The fraction of sp³-hybridized carbons (Fsp3) is 0.667. The quantitative estimate of drug-likeness (QED) is 0.194. The molecule has 6 nitrogen and oxygen atoms in total. The number of hydrazine groups is 1. The molecule has 4 N–H and O–H groups in total. The molecule has 1 unspecified atom stereocenters. The van der Waals surface area contributed by atoms with Crippen LogP contribution in [0.3, 0.4) is 0 Å². The largest absolute Gasteiger partial charge is 0.296 e. The van der Waals surface area contributed by atoms with Crippen molar-refractivity contribution in [3.05, 3.63) is 0 Å². The molecule has 6 heteroatoms. The highest BCUT2D eigenvalue weighted by Gasteiger charge is 2.19. The second kappa shape index (κ2) is 5.64. The third kappa shape index (κ3) is 2.95. The van der Waals surface area contributed by atoms with E-state index in [0.717, 1.165) is 0 Å². The SMILES string of the molecule is CCN(N)C(NC)C(=O)NC=O. The molecule has 0 fully saturated rings. The van der Waals surface area contributed by atoms with Gasteiger partial charge in [-0.15, -0.1) is 0 Å². The van der Waals surface area contributed by atoms with Crippen molar-refractivity contribution in [2.24, 2.45) is 5.84 Å². The molecule has 0 aliphatic carbocycles. The first-order chi connectivity index (χ1) is 5.67. The Morgan fingerprint density at radius 3 is 2.67 bits per heavy atom. The fourth-order valence-electron chi connectivity index (χ4n) is 0.767. The van der Waals surface area contributed by atoms with Crippen molar-refractivity contribution < 1.29 is 9.59 Å². The lowest BCUT2D eigenvalue weighted by Gasteiger charge is -2.23. The standard InChI is InChI=1S/C6H14N4O2/c1-3-10(7)5(8-2)6(12)9-4-11/h4-5,8H,3,7H2,1-2H3,(H,9,11,12). The van der Waals surface area contributed by atoms with Gasteiger partial charge >= 0.3 is 0 Å². The van der Waals surface area contributed by atoms with Crippen LogP contribution in [0.2, 0.25) is 0 Å². The number of nitrogens with two attached hydrogens (primary N) is 1. The van der Waals surface area contributed by atoms with Gasteiger partial charge in [-0.2, -0.15) is 0 Å². The summed E-state index contributed by atoms with van der Waals surface area (Å²) in [5.41, 5.74) is 0. The number of likely N-dealkylation sites (N-methyl/N-ethyl adjacent to an activating group) is 2. The molecule has 0 radical (unpaired) electrons. The highest BCUT2D eigenvalue weighted by atomic mass is 16.2. The smallest absolute Gasteiger partial charge is 0.259 e. The van der Waals surface area contributed by atoms with Crippen molar-refractivity contribution in [1.29, 1.82) is 0 Å². The number of carbonyl (C=O) groups excluding carboxylic acids is 2. The van der Waals surface area contributed by atoms with Crippen molar-refractivity contribution in [2.75, 3.05) is 13.6 Å². The first kappa shape index (κ1) is 11.0. The van der Waals surface area contributed by atoms with Crippen LogP contribution in [0, 0.1) is 0 Å². The first-order valence-electron chi connectivity index (χ1n) is 3.60. The number of hydrogen-bond donors (Lipinski definition) is 3. The Bertz CT molecular complexity index is 162. The Hall–Kier alpha value is -0.980. The highest BCUT2D eigenvalue weighted by Crippen LogP contribution is 1.86. The molecule has 0 rings (SSSR count). The van der Waals surface area contributed by atoms with E-state index in [1.807, 2.05) is 5.32 Å². The van der Waals surface area contributed by atoms with Gasteiger partial charge in [0.1, 0.15) is 0 Å². The molecule has 0 heterocycles. The lowest BCUT2D eigenvalue weighted by Crippen LogP contribution is -2.56. The molecule has 0 saturated carbocycles. The average molecular weight is 174 g/mol. The van der Waals surface area contributed by atoms with Gasteiger partial charge in [0.15, 0.2) is 6.17 Å². The molecule has 0 bridgehead atoms. The van der Waals surface area contributed by atoms with Crippen LogP contribution in [0.15, 0.2) is 0 Å². The predicted octanol–water partition coefficient (Wildman–Crippen LogP) is -2.00. The fourth-order valence-corrected chi connectivity index (χ4v) is 0.767. The van der Waals surface area contributed by atoms with Crippen LogP contribution in [0.5, 0.6) is 0 Å². The van der Waals surface area contributed by atoms with E-state index in [1.54, 1.807) is 14.0 Å². The van der Waals surface area contributed by atoms with E-state index in [2.05, 4.69) is 5.32 Å². The molecule has 0 aromatic heterocycles. The Balaban J connectivity index is 4.12. The Kier molecular flexibility index (Phi) is 5.18. The van der Waals surface area contributed by atoms with E-state index >= 15 is 0 Å². The number of imide groups is 1. The van der Waals surface area contributed by atoms with E-state index in [0.29, 0.717) is 13.0 Å². The third-order valence-corrected chi connectivity index (χ3v) is 1.42. The van der Waals surface area contributed by atoms with Gasteiger partial charge in [-0.05, 0) is 7.05 Å². The molecule has 0 aromatic carbocycles. The van der Waals surface area contributed by atoms with E-state index in [1.165, 1.54) is 5.01 Å². The lowest BCUT2D eigenvalue weighted by molar-refractivity contribution is -0.130. The zero-order valence-corrected chi connectivity index (χ0v) is 7.20. The monoisotopic (exact) mass is 174 g/mol. The van der Waals surface area contributed by atoms with Crippen LogP contribution in [-0.2, 0) is 9.59 Å². The number of rotatable bonds is 5. The summed E-state index contributed by atoms with van der Waals surface area (Å²) in [5.74, 6) is 4.99. The zero-order chi connectivity index (χ0) is 9.56. The Labute approximate surface area is 71.1 Å². The van der Waals surface area contributed by atoms with Crippen LogP contribution in [0.25, 0.3) is 0 Å². The Morgan fingerprint density at radius 2 is 2.33 bits per heavy atom. The first-order valence-corrected chi connectivity index (χ1v) is 3.60. The van der Waals surface area contributed by atoms with E-state index in [9.17, 15) is 9.59 Å². The minimum atomic E-state index is -0.666. The van der Waals surface area contributed by atoms with E-state index < -0.39 is 12.1 Å². The lowest BCUT2D eigenvalue weighted by atomic mass is 10.4. The van der Waals surface area contributed by atoms with E-state index in [4.69, 9.17) is 5.84 Å². The van der Waals surface area contributed by atoms with Gasteiger partial charge in [-0.1, -0.05) is 6.92 Å². The third-order valence-electron chi connectivity index (χ3n) is 1.42. The summed E-state index contributed by atoms with van der Waals surface area (Å²) in [4.78, 5) is 21.0. The van der Waals surface area contributed by atoms with Crippen molar-refractivity contribution in [2.45, 2.75) is 13.1 Å². The van der Waals surface area contributed by atoms with Crippen molar-refractivity contribution in [3.8, 4) is 0 Å². The molecule has 1 atom stereocenters. The second-order valence-electron chi connectivity index (χ2n) is 2.15. The van der Waals surface area contributed by atoms with Gasteiger partial charge in [0.05, 0.1) is 0 Å². The van der Waals surface area contributed by atoms with E-state index in [-0.39, 0.29) is 0 Å². The molecule has 0 spiro atoms. The molecule has 70 valence electrons. The summed E-state index contributed by atoms with van der Waals surface area (Å²) in [6.07, 6.45) is -0.337. The zero-order valence-electron chi connectivity index (χ0n) is 7.20. The van der Waals surface area contributed by atoms with Crippen molar-refractivity contribution >= 4 is 12.3 Å². The molecule has 12 heavy (non-hydrogen) atoms. The second-order valence-corrected chi connectivity index (χ2v) is 2.15. The number of amides is 2. The number of hydrogen-bond acceptors (Lipinski definition) is 5. The van der Waals surface area contributed by atoms with Crippen LogP contribution in [-0.4, -0.2) is 37.1 Å². The maximum Gasteiger partial charge on any atom is 0.259 e. The molecular formula is C6H14N4O2. The van der Waals surface area contributed by atoms with Crippen LogP contribution >= 0.6 is 0 Å².